The molecule has 2 aromatic rings. The van der Waals surface area contributed by atoms with Crippen LogP contribution in [-0.2, 0) is 4.79 Å². The van der Waals surface area contributed by atoms with Gasteiger partial charge in [0.2, 0.25) is 0 Å². The van der Waals surface area contributed by atoms with Gasteiger partial charge in [0, 0.05) is 11.8 Å². The number of hydrogen-bond donors (Lipinski definition) is 2. The van der Waals surface area contributed by atoms with Gasteiger partial charge in [0.05, 0.1) is 0 Å². The van der Waals surface area contributed by atoms with Crippen molar-refractivity contribution in [2.24, 2.45) is 0 Å². The van der Waals surface area contributed by atoms with Crippen LogP contribution < -0.4 is 5.32 Å². The zero-order chi connectivity index (χ0) is 18.4. The Kier molecular flexibility index (Phi) is 7.08. The Bertz CT molecular complexity index is 755. The van der Waals surface area contributed by atoms with Crippen molar-refractivity contribution < 1.29 is 9.90 Å². The van der Waals surface area contributed by atoms with Gasteiger partial charge in [-0.1, -0.05) is 55.3 Å². The van der Waals surface area contributed by atoms with Crippen molar-refractivity contribution in [2.45, 2.75) is 50.4 Å². The highest BCUT2D eigenvalue weighted by Gasteiger charge is 2.20. The van der Waals surface area contributed by atoms with Gasteiger partial charge in [-0.25, -0.2) is 9.97 Å². The van der Waals surface area contributed by atoms with Gasteiger partial charge in [-0.3, -0.25) is 4.79 Å². The Labute approximate surface area is 157 Å². The van der Waals surface area contributed by atoms with Gasteiger partial charge in [0.15, 0.2) is 5.16 Å². The highest BCUT2D eigenvalue weighted by atomic mass is 35.5. The van der Waals surface area contributed by atoms with Crippen molar-refractivity contribution in [3.05, 3.63) is 40.5 Å². The molecule has 7 heteroatoms. The molecule has 0 saturated heterocycles. The molecule has 0 aliphatic heterocycles. The Morgan fingerprint density at radius 2 is 2.12 bits per heavy atom. The minimum atomic E-state index is -0.855. The fraction of sp³-hybridized carbons (Fsp3) is 0.389. The lowest BCUT2D eigenvalue weighted by Crippen LogP contribution is -2.16. The number of anilines is 2. The van der Waals surface area contributed by atoms with E-state index in [9.17, 15) is 9.90 Å². The van der Waals surface area contributed by atoms with Crippen LogP contribution in [0.15, 0.2) is 29.4 Å². The summed E-state index contributed by atoms with van der Waals surface area (Å²) in [5.74, 6) is -0.304. The molecule has 1 heterocycles. The Morgan fingerprint density at radius 3 is 2.80 bits per heavy atom. The number of carboxylic acid groups (broad SMARTS) is 1. The molecule has 1 aromatic carbocycles. The fourth-order valence-electron chi connectivity index (χ4n) is 2.29. The van der Waals surface area contributed by atoms with E-state index in [0.717, 1.165) is 35.9 Å². The van der Waals surface area contributed by atoms with Gasteiger partial charge in [0.1, 0.15) is 16.2 Å². The second-order valence-corrected chi connectivity index (χ2v) is 7.38. The zero-order valence-electron chi connectivity index (χ0n) is 14.5. The first kappa shape index (κ1) is 19.5. The molecule has 5 nitrogen and oxygen atoms in total. The first-order valence-corrected chi connectivity index (χ1v) is 9.43. The summed E-state index contributed by atoms with van der Waals surface area (Å²) in [7, 11) is 0. The second-order valence-electron chi connectivity index (χ2n) is 5.82. The number of benzene rings is 1. The van der Waals surface area contributed by atoms with Crippen molar-refractivity contribution in [1.29, 1.82) is 0 Å². The number of carboxylic acids is 1. The molecule has 1 aromatic heterocycles. The first-order chi connectivity index (χ1) is 11.9. The smallest absolute Gasteiger partial charge is 0.317 e. The molecule has 1 atom stereocenters. The Balaban J connectivity index is 2.21. The largest absolute Gasteiger partial charge is 0.480 e. The van der Waals surface area contributed by atoms with E-state index in [4.69, 9.17) is 11.6 Å². The van der Waals surface area contributed by atoms with Gasteiger partial charge in [0.25, 0.3) is 0 Å². The topological polar surface area (TPSA) is 75.1 Å². The number of aromatic nitrogens is 2. The van der Waals surface area contributed by atoms with Crippen LogP contribution in [0, 0.1) is 13.8 Å². The number of aryl methyl sites for hydroxylation is 1. The lowest BCUT2D eigenvalue weighted by Gasteiger charge is -2.13. The molecule has 25 heavy (non-hydrogen) atoms. The van der Waals surface area contributed by atoms with Crippen LogP contribution in [0.4, 0.5) is 11.5 Å². The highest BCUT2D eigenvalue weighted by Crippen LogP contribution is 2.28. The zero-order valence-corrected chi connectivity index (χ0v) is 16.1. The SMILES string of the molecule is CCCCC(Sc1nc(Cl)cc(Nc2cccc(C)c2C)n1)C(=O)O. The predicted octanol–water partition coefficient (Wildman–Crippen LogP) is 5.23. The minimum absolute atomic E-state index is 0.282. The number of halogens is 1. The average Bonchev–Trinajstić information content (AvgIpc) is 2.55. The van der Waals surface area contributed by atoms with Crippen LogP contribution >= 0.6 is 23.4 Å². The summed E-state index contributed by atoms with van der Waals surface area (Å²) in [6, 6.07) is 7.61. The molecule has 0 saturated carbocycles. The van der Waals surface area contributed by atoms with E-state index < -0.39 is 11.2 Å². The third-order valence-electron chi connectivity index (χ3n) is 3.88. The molecule has 0 bridgehead atoms. The van der Waals surface area contributed by atoms with Crippen LogP contribution in [0.25, 0.3) is 0 Å². The summed E-state index contributed by atoms with van der Waals surface area (Å²) in [5.41, 5.74) is 3.23. The van der Waals surface area contributed by atoms with Gasteiger partial charge in [-0.15, -0.1) is 0 Å². The minimum Gasteiger partial charge on any atom is -0.480 e. The number of rotatable bonds is 8. The second kappa shape index (κ2) is 9.06. The summed E-state index contributed by atoms with van der Waals surface area (Å²) in [6.07, 6.45) is 2.37. The monoisotopic (exact) mass is 379 g/mol. The van der Waals surface area contributed by atoms with Crippen LogP contribution in [0.2, 0.25) is 5.15 Å². The van der Waals surface area contributed by atoms with Crippen molar-refractivity contribution >= 4 is 40.8 Å². The summed E-state index contributed by atoms with van der Waals surface area (Å²) >= 11 is 7.24. The summed E-state index contributed by atoms with van der Waals surface area (Å²) < 4.78 is 0. The van der Waals surface area contributed by atoms with E-state index in [1.165, 1.54) is 5.56 Å². The Hall–Kier alpha value is -1.79. The number of aliphatic carboxylic acids is 1. The van der Waals surface area contributed by atoms with Gasteiger partial charge in [-0.05, 0) is 37.5 Å². The third kappa shape index (κ3) is 5.61. The van der Waals surface area contributed by atoms with E-state index in [2.05, 4.69) is 15.3 Å². The van der Waals surface area contributed by atoms with Crippen LogP contribution in [-0.4, -0.2) is 26.3 Å². The fourth-order valence-corrected chi connectivity index (χ4v) is 3.46. The maximum Gasteiger partial charge on any atom is 0.317 e. The van der Waals surface area contributed by atoms with Crippen LogP contribution in [0.3, 0.4) is 0 Å². The normalized spacial score (nSPS) is 12.0. The van der Waals surface area contributed by atoms with E-state index in [0.29, 0.717) is 17.4 Å². The predicted molar refractivity (Wildman–Crippen MR) is 103 cm³/mol. The molecule has 0 aliphatic rings. The van der Waals surface area contributed by atoms with Crippen LogP contribution in [0.5, 0.6) is 0 Å². The molecule has 0 amide bonds. The van der Waals surface area contributed by atoms with Crippen molar-refractivity contribution in [2.75, 3.05) is 5.32 Å². The maximum atomic E-state index is 11.4. The van der Waals surface area contributed by atoms with Gasteiger partial charge >= 0.3 is 5.97 Å². The van der Waals surface area contributed by atoms with Gasteiger partial charge in [-0.2, -0.15) is 0 Å². The number of hydrogen-bond acceptors (Lipinski definition) is 5. The number of nitrogens with zero attached hydrogens (tertiary/aromatic N) is 2. The van der Waals surface area contributed by atoms with Gasteiger partial charge < -0.3 is 10.4 Å². The molecule has 134 valence electrons. The van der Waals surface area contributed by atoms with E-state index in [1.54, 1.807) is 6.07 Å². The van der Waals surface area contributed by atoms with E-state index in [-0.39, 0.29) is 5.15 Å². The summed E-state index contributed by atoms with van der Waals surface area (Å²) in [5, 5.41) is 12.7. The number of carbonyl (C=O) groups is 1. The summed E-state index contributed by atoms with van der Waals surface area (Å²) in [4.78, 5) is 20.0. The average molecular weight is 380 g/mol. The molecule has 0 spiro atoms. The number of thioether (sulfide) groups is 1. The Morgan fingerprint density at radius 1 is 1.36 bits per heavy atom. The van der Waals surface area contributed by atoms with Crippen LogP contribution in [0.1, 0.15) is 37.3 Å². The quantitative estimate of drug-likeness (QED) is 0.371. The lowest BCUT2D eigenvalue weighted by atomic mass is 10.1. The maximum absolute atomic E-state index is 11.4. The van der Waals surface area contributed by atoms with Crippen molar-refractivity contribution in [1.82, 2.24) is 9.97 Å². The first-order valence-electron chi connectivity index (χ1n) is 8.18. The molecule has 1 unspecified atom stereocenters. The van der Waals surface area contributed by atoms with Crippen molar-refractivity contribution in [3.63, 3.8) is 0 Å². The molecule has 0 radical (unpaired) electrons. The molecular weight excluding hydrogens is 358 g/mol. The number of unbranched alkanes of at least 4 members (excludes halogenated alkanes) is 1. The standard InChI is InChI=1S/C18H22ClN3O2S/c1-4-5-9-14(17(23)24)25-18-21-15(19)10-16(22-18)20-13-8-6-7-11(2)12(13)3/h6-8,10,14H,4-5,9H2,1-3H3,(H,23,24)(H,20,21,22). The number of nitrogens with one attached hydrogen (secondary N) is 1. The van der Waals surface area contributed by atoms with E-state index >= 15 is 0 Å². The molecular formula is C18H22ClN3O2S. The van der Waals surface area contributed by atoms with Crippen molar-refractivity contribution in [3.8, 4) is 0 Å². The molecule has 2 N–H and O–H groups in total. The molecule has 0 aliphatic carbocycles. The molecule has 0 fully saturated rings. The summed E-state index contributed by atoms with van der Waals surface area (Å²) in [6.45, 7) is 6.10. The highest BCUT2D eigenvalue weighted by molar-refractivity contribution is 8.00. The lowest BCUT2D eigenvalue weighted by molar-refractivity contribution is -0.136. The third-order valence-corrected chi connectivity index (χ3v) is 5.19. The van der Waals surface area contributed by atoms with E-state index in [1.807, 2.05) is 39.0 Å². The molecule has 2 rings (SSSR count).